The number of piperidine rings is 1. The van der Waals surface area contributed by atoms with E-state index < -0.39 is 5.60 Å². The van der Waals surface area contributed by atoms with Crippen LogP contribution in [0.1, 0.15) is 66.2 Å². The van der Waals surface area contributed by atoms with E-state index in [-0.39, 0.29) is 5.91 Å². The number of nitrogens with zero attached hydrogens (tertiary/aromatic N) is 1. The number of ether oxygens (including phenoxy) is 2. The highest BCUT2D eigenvalue weighted by Gasteiger charge is 2.33. The van der Waals surface area contributed by atoms with Gasteiger partial charge in [-0.3, -0.25) is 9.69 Å². The van der Waals surface area contributed by atoms with Crippen LogP contribution in [0.3, 0.4) is 0 Å². The first-order valence-electron chi connectivity index (χ1n) is 10.9. The number of nitrogens with one attached hydrogen (secondary N) is 1. The van der Waals surface area contributed by atoms with Crippen molar-refractivity contribution in [1.82, 2.24) is 4.90 Å². The number of benzene rings is 1. The number of anilines is 1. The Hall–Kier alpha value is -1.59. The molecule has 0 radical (unpaired) electrons. The molecular weight excluding hydrogens is 352 g/mol. The topological polar surface area (TPSA) is 50.8 Å². The van der Waals surface area contributed by atoms with Crippen LogP contribution in [0.2, 0.25) is 0 Å². The van der Waals surface area contributed by atoms with Gasteiger partial charge >= 0.3 is 0 Å². The van der Waals surface area contributed by atoms with Crippen LogP contribution in [-0.4, -0.2) is 48.8 Å². The molecule has 1 saturated heterocycles. The molecule has 2 rings (SSSR count). The lowest BCUT2D eigenvalue weighted by Gasteiger charge is -2.33. The molecule has 0 aliphatic carbocycles. The predicted molar refractivity (Wildman–Crippen MR) is 115 cm³/mol. The largest absolute Gasteiger partial charge is 0.492 e. The van der Waals surface area contributed by atoms with Crippen molar-refractivity contribution in [2.24, 2.45) is 0 Å². The third-order valence-electron chi connectivity index (χ3n) is 5.53. The van der Waals surface area contributed by atoms with Crippen LogP contribution in [0, 0.1) is 0 Å². The second kappa shape index (κ2) is 11.4. The molecule has 1 aromatic rings. The van der Waals surface area contributed by atoms with E-state index in [0.717, 1.165) is 30.8 Å². The predicted octanol–water partition coefficient (Wildman–Crippen LogP) is 4.86. The van der Waals surface area contributed by atoms with E-state index in [1.54, 1.807) is 0 Å². The molecule has 2 atom stereocenters. The monoisotopic (exact) mass is 390 g/mol. The van der Waals surface area contributed by atoms with Gasteiger partial charge in [-0.25, -0.2) is 0 Å². The number of amides is 1. The molecule has 158 valence electrons. The zero-order chi connectivity index (χ0) is 20.4. The first kappa shape index (κ1) is 22.7. The molecule has 1 N–H and O–H groups in total. The molecule has 1 aromatic carbocycles. The fourth-order valence-corrected chi connectivity index (χ4v) is 3.72. The normalized spacial score (nSPS) is 19.8. The Morgan fingerprint density at radius 3 is 2.57 bits per heavy atom. The van der Waals surface area contributed by atoms with Crippen molar-refractivity contribution < 1.29 is 14.3 Å². The summed E-state index contributed by atoms with van der Waals surface area (Å²) in [5.41, 5.74) is -0.0186. The number of carbonyl (C=O) groups is 1. The van der Waals surface area contributed by atoms with Gasteiger partial charge in [-0.05, 0) is 70.3 Å². The van der Waals surface area contributed by atoms with E-state index in [0.29, 0.717) is 25.7 Å². The lowest BCUT2D eigenvalue weighted by Crippen LogP contribution is -2.43. The summed E-state index contributed by atoms with van der Waals surface area (Å²) in [7, 11) is 0. The van der Waals surface area contributed by atoms with Gasteiger partial charge in [-0.2, -0.15) is 0 Å². The highest BCUT2D eigenvalue weighted by molar-refractivity contribution is 5.97. The van der Waals surface area contributed by atoms with Crippen molar-refractivity contribution in [3.05, 3.63) is 24.3 Å². The number of likely N-dealkylation sites (tertiary alicyclic amines) is 1. The van der Waals surface area contributed by atoms with Crippen molar-refractivity contribution in [3.8, 4) is 5.75 Å². The first-order valence-corrected chi connectivity index (χ1v) is 10.9. The maximum atomic E-state index is 12.7. The van der Waals surface area contributed by atoms with E-state index in [9.17, 15) is 4.79 Å². The molecule has 1 aliphatic rings. The van der Waals surface area contributed by atoms with Gasteiger partial charge in [0.1, 0.15) is 18.0 Å². The van der Waals surface area contributed by atoms with Crippen LogP contribution in [0.15, 0.2) is 24.3 Å². The van der Waals surface area contributed by atoms with Gasteiger partial charge in [0.15, 0.2) is 0 Å². The molecule has 1 heterocycles. The number of hydrogen-bond acceptors (Lipinski definition) is 4. The molecule has 1 aliphatic heterocycles. The SMILES string of the molecule is CCCO[C@](C)(CCC)C(=O)Nc1ccc(OCCN2CCCC[C@@H]2C)cc1. The molecule has 0 unspecified atom stereocenters. The van der Waals surface area contributed by atoms with Gasteiger partial charge < -0.3 is 14.8 Å². The van der Waals surface area contributed by atoms with Gasteiger partial charge in [0, 0.05) is 24.9 Å². The summed E-state index contributed by atoms with van der Waals surface area (Å²) in [6.45, 7) is 11.7. The summed E-state index contributed by atoms with van der Waals surface area (Å²) in [6.07, 6.45) is 6.41. The van der Waals surface area contributed by atoms with Gasteiger partial charge in [-0.15, -0.1) is 0 Å². The van der Waals surface area contributed by atoms with Crippen molar-refractivity contribution in [2.45, 2.75) is 77.9 Å². The third kappa shape index (κ3) is 6.78. The summed E-state index contributed by atoms with van der Waals surface area (Å²) in [5, 5.41) is 2.99. The molecule has 1 fully saturated rings. The maximum absolute atomic E-state index is 12.7. The minimum Gasteiger partial charge on any atom is -0.492 e. The van der Waals surface area contributed by atoms with E-state index >= 15 is 0 Å². The summed E-state index contributed by atoms with van der Waals surface area (Å²) < 4.78 is 11.8. The van der Waals surface area contributed by atoms with Crippen LogP contribution in [0.25, 0.3) is 0 Å². The molecule has 0 aromatic heterocycles. The molecule has 5 nitrogen and oxygen atoms in total. The van der Waals surface area contributed by atoms with Crippen LogP contribution >= 0.6 is 0 Å². The number of hydrogen-bond donors (Lipinski definition) is 1. The number of rotatable bonds is 11. The zero-order valence-corrected chi connectivity index (χ0v) is 18.1. The Morgan fingerprint density at radius 1 is 1.18 bits per heavy atom. The minimum absolute atomic E-state index is 0.0874. The van der Waals surface area contributed by atoms with E-state index in [4.69, 9.17) is 9.47 Å². The summed E-state index contributed by atoms with van der Waals surface area (Å²) in [6, 6.07) is 8.27. The average Bonchev–Trinajstić information content (AvgIpc) is 2.69. The quantitative estimate of drug-likeness (QED) is 0.586. The standard InChI is InChI=1S/C23H38N2O3/c1-5-14-23(4,28-17-6-2)22(26)24-20-10-12-21(13-11-20)27-18-16-25-15-8-7-9-19(25)3/h10-13,19H,5-9,14-18H2,1-4H3,(H,24,26)/t19-,23+/m0/s1. The lowest BCUT2D eigenvalue weighted by atomic mass is 9.99. The number of carbonyl (C=O) groups excluding carboxylic acids is 1. The fourth-order valence-electron chi connectivity index (χ4n) is 3.72. The molecule has 0 spiro atoms. The third-order valence-corrected chi connectivity index (χ3v) is 5.53. The second-order valence-corrected chi connectivity index (χ2v) is 8.04. The van der Waals surface area contributed by atoms with Crippen LogP contribution in [-0.2, 0) is 9.53 Å². The fraction of sp³-hybridized carbons (Fsp3) is 0.696. The van der Waals surface area contributed by atoms with E-state index in [1.807, 2.05) is 31.2 Å². The molecule has 5 heteroatoms. The zero-order valence-electron chi connectivity index (χ0n) is 18.1. The van der Waals surface area contributed by atoms with Crippen LogP contribution in [0.4, 0.5) is 5.69 Å². The minimum atomic E-state index is -0.787. The Labute approximate surface area is 170 Å². The molecule has 28 heavy (non-hydrogen) atoms. The van der Waals surface area contributed by atoms with Gasteiger partial charge in [0.25, 0.3) is 5.91 Å². The van der Waals surface area contributed by atoms with E-state index in [2.05, 4.69) is 31.0 Å². The van der Waals surface area contributed by atoms with Crippen molar-refractivity contribution in [2.75, 3.05) is 31.6 Å². The van der Waals surface area contributed by atoms with Crippen LogP contribution in [0.5, 0.6) is 5.75 Å². The summed E-state index contributed by atoms with van der Waals surface area (Å²) in [5.74, 6) is 0.747. The van der Waals surface area contributed by atoms with Gasteiger partial charge in [0.2, 0.25) is 0 Å². The van der Waals surface area contributed by atoms with Crippen molar-refractivity contribution in [1.29, 1.82) is 0 Å². The second-order valence-electron chi connectivity index (χ2n) is 8.04. The first-order chi connectivity index (χ1) is 13.5. The summed E-state index contributed by atoms with van der Waals surface area (Å²) in [4.78, 5) is 15.2. The Morgan fingerprint density at radius 2 is 1.93 bits per heavy atom. The molecule has 0 saturated carbocycles. The van der Waals surface area contributed by atoms with Gasteiger partial charge in [0.05, 0.1) is 0 Å². The highest BCUT2D eigenvalue weighted by atomic mass is 16.5. The van der Waals surface area contributed by atoms with Gasteiger partial charge in [-0.1, -0.05) is 26.7 Å². The van der Waals surface area contributed by atoms with E-state index in [1.165, 1.54) is 25.8 Å². The molecular formula is C23H38N2O3. The molecule has 1 amide bonds. The lowest BCUT2D eigenvalue weighted by molar-refractivity contribution is -0.140. The highest BCUT2D eigenvalue weighted by Crippen LogP contribution is 2.23. The Bertz CT molecular complexity index is 590. The molecule has 0 bridgehead atoms. The summed E-state index contributed by atoms with van der Waals surface area (Å²) >= 11 is 0. The Balaban J connectivity index is 1.83. The smallest absolute Gasteiger partial charge is 0.256 e. The Kier molecular flexibility index (Phi) is 9.26. The maximum Gasteiger partial charge on any atom is 0.256 e. The van der Waals surface area contributed by atoms with Crippen molar-refractivity contribution >= 4 is 11.6 Å². The average molecular weight is 391 g/mol. The van der Waals surface area contributed by atoms with Crippen molar-refractivity contribution in [3.63, 3.8) is 0 Å². The van der Waals surface area contributed by atoms with Crippen LogP contribution < -0.4 is 10.1 Å².